The first-order valence-electron chi connectivity index (χ1n) is 9.29. The third-order valence-corrected chi connectivity index (χ3v) is 4.14. The molecule has 0 saturated heterocycles. The van der Waals surface area contributed by atoms with Crippen molar-refractivity contribution < 1.29 is 14.3 Å². The summed E-state index contributed by atoms with van der Waals surface area (Å²) in [6.45, 7) is 2.67. The number of carbonyl (C=O) groups is 1. The predicted octanol–water partition coefficient (Wildman–Crippen LogP) is 4.85. The molecule has 0 amide bonds. The zero-order valence-electron chi connectivity index (χ0n) is 15.9. The topological polar surface area (TPSA) is 48.4 Å². The Morgan fingerprint density at radius 2 is 1.68 bits per heavy atom. The fourth-order valence-electron chi connectivity index (χ4n) is 2.76. The quantitative estimate of drug-likeness (QED) is 0.418. The zero-order valence-corrected chi connectivity index (χ0v) is 15.9. The van der Waals surface area contributed by atoms with Crippen LogP contribution in [0.15, 0.2) is 85.1 Å². The van der Waals surface area contributed by atoms with E-state index >= 15 is 0 Å². The Balaban J connectivity index is 1.69. The van der Waals surface area contributed by atoms with Crippen molar-refractivity contribution >= 4 is 11.5 Å². The Morgan fingerprint density at radius 1 is 0.929 bits per heavy atom. The molecule has 142 valence electrons. The van der Waals surface area contributed by atoms with Gasteiger partial charge in [0.15, 0.2) is 0 Å². The summed E-state index contributed by atoms with van der Waals surface area (Å²) in [7, 11) is 0. The lowest BCUT2D eigenvalue weighted by molar-refractivity contribution is -0.137. The van der Waals surface area contributed by atoms with Crippen LogP contribution in [0.5, 0.6) is 5.75 Å². The maximum atomic E-state index is 11.9. The van der Waals surface area contributed by atoms with Crippen LogP contribution in [-0.2, 0) is 22.6 Å². The summed E-state index contributed by atoms with van der Waals surface area (Å²) < 4.78 is 10.9. The molecular formula is C24H23NO3. The summed E-state index contributed by atoms with van der Waals surface area (Å²) >= 11 is 0. The lowest BCUT2D eigenvalue weighted by Crippen LogP contribution is -2.03. The molecule has 0 aliphatic heterocycles. The molecule has 0 atom stereocenters. The second-order valence-electron chi connectivity index (χ2n) is 6.23. The van der Waals surface area contributed by atoms with Crippen LogP contribution in [0.25, 0.3) is 5.57 Å². The Labute approximate surface area is 165 Å². The highest BCUT2D eigenvalue weighted by atomic mass is 16.5. The average molecular weight is 373 g/mol. The van der Waals surface area contributed by atoms with Gasteiger partial charge in [-0.15, -0.1) is 0 Å². The molecule has 4 heteroatoms. The number of aromatic nitrogens is 1. The third-order valence-electron chi connectivity index (χ3n) is 4.14. The first-order valence-corrected chi connectivity index (χ1v) is 9.29. The number of carbonyl (C=O) groups excluding carboxylic acids is 1. The van der Waals surface area contributed by atoms with Crippen LogP contribution in [0.1, 0.15) is 23.7 Å². The minimum atomic E-state index is -0.356. The van der Waals surface area contributed by atoms with Gasteiger partial charge in [-0.25, -0.2) is 4.79 Å². The van der Waals surface area contributed by atoms with Crippen LogP contribution >= 0.6 is 0 Å². The zero-order chi connectivity index (χ0) is 19.6. The Bertz CT molecular complexity index is 904. The molecule has 3 rings (SSSR count). The molecule has 28 heavy (non-hydrogen) atoms. The largest absolute Gasteiger partial charge is 0.489 e. The fourth-order valence-corrected chi connectivity index (χ4v) is 2.76. The number of benzene rings is 2. The summed E-state index contributed by atoms with van der Waals surface area (Å²) in [6, 6.07) is 23.6. The van der Waals surface area contributed by atoms with E-state index in [4.69, 9.17) is 9.47 Å². The average Bonchev–Trinajstić information content (AvgIpc) is 2.74. The first kappa shape index (κ1) is 19.4. The van der Waals surface area contributed by atoms with E-state index in [9.17, 15) is 4.79 Å². The summed E-state index contributed by atoms with van der Waals surface area (Å²) in [5.41, 5.74) is 3.77. The summed E-state index contributed by atoms with van der Waals surface area (Å²) in [5.74, 6) is 0.451. The molecule has 0 fully saturated rings. The normalized spacial score (nSPS) is 11.1. The standard InChI is InChI=1S/C24H23NO3/c1-2-27-24(26)17-21(23-10-6-7-15-25-23)16-19-11-13-22(14-12-19)28-18-20-8-4-3-5-9-20/h3-15,17H,2,16,18H2,1H3/b21-17+. The third kappa shape index (κ3) is 5.81. The highest BCUT2D eigenvalue weighted by Gasteiger charge is 2.08. The molecule has 0 aliphatic rings. The van der Waals surface area contributed by atoms with Crippen molar-refractivity contribution in [3.63, 3.8) is 0 Å². The van der Waals surface area contributed by atoms with Crippen molar-refractivity contribution in [2.45, 2.75) is 20.0 Å². The van der Waals surface area contributed by atoms with Gasteiger partial charge < -0.3 is 9.47 Å². The van der Waals surface area contributed by atoms with E-state index in [-0.39, 0.29) is 5.97 Å². The Hall–Kier alpha value is -3.40. The molecule has 0 unspecified atom stereocenters. The van der Waals surface area contributed by atoms with Gasteiger partial charge in [0.05, 0.1) is 12.3 Å². The van der Waals surface area contributed by atoms with Gasteiger partial charge in [-0.3, -0.25) is 4.98 Å². The highest BCUT2D eigenvalue weighted by molar-refractivity contribution is 5.91. The van der Waals surface area contributed by atoms with E-state index in [1.807, 2.05) is 72.8 Å². The van der Waals surface area contributed by atoms with E-state index in [1.165, 1.54) is 6.08 Å². The molecule has 2 aromatic carbocycles. The van der Waals surface area contributed by atoms with Crippen LogP contribution in [0.4, 0.5) is 0 Å². The lowest BCUT2D eigenvalue weighted by Gasteiger charge is -2.10. The molecule has 4 nitrogen and oxygen atoms in total. The van der Waals surface area contributed by atoms with Gasteiger partial charge in [-0.2, -0.15) is 0 Å². The molecule has 0 saturated carbocycles. The van der Waals surface area contributed by atoms with Gasteiger partial charge in [0.25, 0.3) is 0 Å². The van der Waals surface area contributed by atoms with Crippen LogP contribution in [0, 0.1) is 0 Å². The molecule has 1 heterocycles. The van der Waals surface area contributed by atoms with Crippen LogP contribution < -0.4 is 4.74 Å². The number of nitrogens with zero attached hydrogens (tertiary/aromatic N) is 1. The maximum Gasteiger partial charge on any atom is 0.331 e. The van der Waals surface area contributed by atoms with E-state index in [1.54, 1.807) is 13.1 Å². The van der Waals surface area contributed by atoms with Crippen molar-refractivity contribution in [1.29, 1.82) is 0 Å². The van der Waals surface area contributed by atoms with Gasteiger partial charge in [-0.05, 0) is 54.3 Å². The number of pyridine rings is 1. The molecule has 0 bridgehead atoms. The van der Waals surface area contributed by atoms with Gasteiger partial charge >= 0.3 is 5.97 Å². The molecular weight excluding hydrogens is 350 g/mol. The lowest BCUT2D eigenvalue weighted by atomic mass is 10.0. The highest BCUT2D eigenvalue weighted by Crippen LogP contribution is 2.21. The number of rotatable bonds is 8. The number of esters is 1. The molecule has 0 N–H and O–H groups in total. The smallest absolute Gasteiger partial charge is 0.331 e. The maximum absolute atomic E-state index is 11.9. The SMILES string of the molecule is CCOC(=O)/C=C(\Cc1ccc(OCc2ccccc2)cc1)c1ccccn1. The predicted molar refractivity (Wildman–Crippen MR) is 110 cm³/mol. The Kier molecular flexibility index (Phi) is 6.96. The van der Waals surface area contributed by atoms with Gasteiger partial charge in [-0.1, -0.05) is 48.5 Å². The molecule has 0 spiro atoms. The van der Waals surface area contributed by atoms with Gasteiger partial charge in [0, 0.05) is 12.3 Å². The van der Waals surface area contributed by atoms with Crippen LogP contribution in [0.3, 0.4) is 0 Å². The number of hydrogen-bond donors (Lipinski definition) is 0. The fraction of sp³-hybridized carbons (Fsp3) is 0.167. The minimum absolute atomic E-state index is 0.346. The first-order chi connectivity index (χ1) is 13.7. The van der Waals surface area contributed by atoms with E-state index in [0.29, 0.717) is 19.6 Å². The molecule has 1 aromatic heterocycles. The van der Waals surface area contributed by atoms with E-state index in [2.05, 4.69) is 4.98 Å². The molecule has 0 radical (unpaired) electrons. The molecule has 0 aliphatic carbocycles. The summed E-state index contributed by atoms with van der Waals surface area (Å²) in [5, 5.41) is 0. The monoisotopic (exact) mass is 373 g/mol. The second kappa shape index (κ2) is 10.1. The van der Waals surface area contributed by atoms with Crippen molar-refractivity contribution in [2.75, 3.05) is 6.61 Å². The van der Waals surface area contributed by atoms with E-state index < -0.39 is 0 Å². The number of allylic oxidation sites excluding steroid dienone is 1. The number of ether oxygens (including phenoxy) is 2. The molecule has 3 aromatic rings. The van der Waals surface area contributed by atoms with Crippen molar-refractivity contribution in [3.8, 4) is 5.75 Å². The minimum Gasteiger partial charge on any atom is -0.489 e. The van der Waals surface area contributed by atoms with Crippen molar-refractivity contribution in [2.24, 2.45) is 0 Å². The Morgan fingerprint density at radius 3 is 2.36 bits per heavy atom. The van der Waals surface area contributed by atoms with Crippen LogP contribution in [-0.4, -0.2) is 17.6 Å². The summed E-state index contributed by atoms with van der Waals surface area (Å²) in [6.07, 6.45) is 3.81. The van der Waals surface area contributed by atoms with Gasteiger partial charge in [0.2, 0.25) is 0 Å². The number of hydrogen-bond acceptors (Lipinski definition) is 4. The van der Waals surface area contributed by atoms with Crippen molar-refractivity contribution in [1.82, 2.24) is 4.98 Å². The second-order valence-corrected chi connectivity index (χ2v) is 6.23. The van der Waals surface area contributed by atoms with Gasteiger partial charge in [0.1, 0.15) is 12.4 Å². The van der Waals surface area contributed by atoms with E-state index in [0.717, 1.165) is 28.1 Å². The summed E-state index contributed by atoms with van der Waals surface area (Å²) in [4.78, 5) is 16.3. The van der Waals surface area contributed by atoms with Crippen LogP contribution in [0.2, 0.25) is 0 Å². The van der Waals surface area contributed by atoms with Crippen molar-refractivity contribution in [3.05, 3.63) is 102 Å².